The fourth-order valence-corrected chi connectivity index (χ4v) is 4.22. The summed E-state index contributed by atoms with van der Waals surface area (Å²) in [5.74, 6) is 0.979. The molecule has 1 aliphatic carbocycles. The van der Waals surface area contributed by atoms with E-state index in [1.54, 1.807) is 0 Å². The Labute approximate surface area is 176 Å². The van der Waals surface area contributed by atoms with Crippen molar-refractivity contribution >= 4 is 6.72 Å². The molecule has 0 aromatic heterocycles. The van der Waals surface area contributed by atoms with Crippen LogP contribution in [0.2, 0.25) is 0 Å². The molecule has 2 unspecified atom stereocenters. The predicted octanol–water partition coefficient (Wildman–Crippen LogP) is 6.41. The topological polar surface area (TPSA) is 49.3 Å². The fourth-order valence-electron chi connectivity index (χ4n) is 4.22. The Balaban J connectivity index is 1.90. The molecular weight excluding hydrogens is 344 g/mol. The highest BCUT2D eigenvalue weighted by Crippen LogP contribution is 2.34. The van der Waals surface area contributed by atoms with Crippen molar-refractivity contribution in [2.24, 2.45) is 11.7 Å². The van der Waals surface area contributed by atoms with Crippen molar-refractivity contribution in [2.75, 3.05) is 6.54 Å². The van der Waals surface area contributed by atoms with Gasteiger partial charge in [-0.3, -0.25) is 0 Å². The summed E-state index contributed by atoms with van der Waals surface area (Å²) in [6, 6.07) is 0.232. The van der Waals surface area contributed by atoms with E-state index in [4.69, 9.17) is 5.73 Å². The number of aliphatic hydroxyl groups excluding tert-OH is 1. The van der Waals surface area contributed by atoms with Crippen molar-refractivity contribution in [1.82, 2.24) is 0 Å². The Morgan fingerprint density at radius 3 is 1.79 bits per heavy atom. The van der Waals surface area contributed by atoms with Gasteiger partial charge >= 0.3 is 0 Å². The second-order valence-electron chi connectivity index (χ2n) is 9.29. The van der Waals surface area contributed by atoms with Crippen molar-refractivity contribution < 1.29 is 9.68 Å². The van der Waals surface area contributed by atoms with Crippen LogP contribution in [0, 0.1) is 5.92 Å². The summed E-state index contributed by atoms with van der Waals surface area (Å²) >= 11 is 0. The van der Waals surface area contributed by atoms with Crippen molar-refractivity contribution in [2.45, 2.75) is 141 Å². The van der Waals surface area contributed by atoms with Crippen molar-refractivity contribution in [1.29, 1.82) is 0 Å². The van der Waals surface area contributed by atoms with Crippen LogP contribution in [-0.2, 0) is 0 Å². The van der Waals surface area contributed by atoms with Gasteiger partial charge in [0.1, 0.15) is 6.72 Å². The summed E-state index contributed by atoms with van der Waals surface area (Å²) in [7, 11) is 0. The van der Waals surface area contributed by atoms with Gasteiger partial charge in [0.2, 0.25) is 0 Å². The van der Waals surface area contributed by atoms with Gasteiger partial charge in [-0.05, 0) is 18.8 Å². The molecule has 166 valence electrons. The molecule has 0 aromatic rings. The SMILES string of the molecule is C=[N+](C(O)CCCCCCCCCCCCCCC)C(CN)CCCC1CC1. The molecule has 0 heterocycles. The number of hydrogen-bond donors (Lipinski definition) is 2. The maximum atomic E-state index is 10.4. The summed E-state index contributed by atoms with van der Waals surface area (Å²) < 4.78 is 1.88. The molecule has 1 aliphatic rings. The Hall–Kier alpha value is -0.410. The third-order valence-electron chi connectivity index (χ3n) is 6.54. The van der Waals surface area contributed by atoms with Crippen LogP contribution in [0.1, 0.15) is 129 Å². The third kappa shape index (κ3) is 13.7. The second-order valence-corrected chi connectivity index (χ2v) is 9.29. The monoisotopic (exact) mass is 395 g/mol. The van der Waals surface area contributed by atoms with Gasteiger partial charge in [-0.25, -0.2) is 4.58 Å². The average Bonchev–Trinajstić information content (AvgIpc) is 3.52. The van der Waals surface area contributed by atoms with Crippen LogP contribution in [-0.4, -0.2) is 35.2 Å². The first-order chi connectivity index (χ1) is 13.7. The zero-order valence-electron chi connectivity index (χ0n) is 19.1. The summed E-state index contributed by atoms with van der Waals surface area (Å²) in [6.07, 6.45) is 24.6. The van der Waals surface area contributed by atoms with E-state index in [1.807, 2.05) is 4.58 Å². The number of rotatable bonds is 21. The molecule has 1 rings (SSSR count). The molecule has 3 N–H and O–H groups in total. The lowest BCUT2D eigenvalue weighted by molar-refractivity contribution is -0.632. The van der Waals surface area contributed by atoms with Gasteiger partial charge in [0.25, 0.3) is 6.23 Å². The smallest absolute Gasteiger partial charge is 0.254 e. The Morgan fingerprint density at radius 2 is 1.32 bits per heavy atom. The highest BCUT2D eigenvalue weighted by molar-refractivity contribution is 5.15. The molecule has 0 amide bonds. The standard InChI is InChI=1S/C25H51N2O/c1-3-4-5-6-7-8-9-10-11-12-13-14-15-19-25(28)27(2)24(22-26)18-16-17-23-20-21-23/h23-25,28H,2-22,26H2,1H3/q+1. The zero-order chi connectivity index (χ0) is 20.5. The average molecular weight is 396 g/mol. The Bertz CT molecular complexity index is 368. The molecule has 0 bridgehead atoms. The molecule has 0 aliphatic heterocycles. The Kier molecular flexibility index (Phi) is 16.0. The molecule has 1 saturated carbocycles. The highest BCUT2D eigenvalue weighted by atomic mass is 16.3. The van der Waals surface area contributed by atoms with Crippen molar-refractivity contribution in [3.63, 3.8) is 0 Å². The molecular formula is C25H51N2O+. The fraction of sp³-hybridized carbons (Fsp3) is 0.960. The maximum absolute atomic E-state index is 10.4. The van der Waals surface area contributed by atoms with E-state index in [2.05, 4.69) is 13.6 Å². The van der Waals surface area contributed by atoms with Gasteiger partial charge in [-0.1, -0.05) is 103 Å². The number of hydrogen-bond acceptors (Lipinski definition) is 2. The van der Waals surface area contributed by atoms with Crippen LogP contribution in [0.5, 0.6) is 0 Å². The van der Waals surface area contributed by atoms with E-state index < -0.39 is 6.23 Å². The van der Waals surface area contributed by atoms with E-state index in [-0.39, 0.29) is 6.04 Å². The highest BCUT2D eigenvalue weighted by Gasteiger charge is 2.26. The molecule has 28 heavy (non-hydrogen) atoms. The number of nitrogens with zero attached hydrogens (tertiary/aromatic N) is 1. The van der Waals surface area contributed by atoms with E-state index in [9.17, 15) is 5.11 Å². The van der Waals surface area contributed by atoms with Crippen LogP contribution in [0.3, 0.4) is 0 Å². The van der Waals surface area contributed by atoms with Crippen LogP contribution in [0.25, 0.3) is 0 Å². The first-order valence-corrected chi connectivity index (χ1v) is 12.7. The zero-order valence-corrected chi connectivity index (χ0v) is 19.1. The van der Waals surface area contributed by atoms with Crippen LogP contribution in [0.4, 0.5) is 0 Å². The number of aliphatic hydroxyl groups is 1. The minimum Gasteiger partial charge on any atom is -0.337 e. The minimum absolute atomic E-state index is 0.232. The summed E-state index contributed by atoms with van der Waals surface area (Å²) in [6.45, 7) is 6.99. The van der Waals surface area contributed by atoms with Crippen molar-refractivity contribution in [3.8, 4) is 0 Å². The molecule has 2 atom stereocenters. The van der Waals surface area contributed by atoms with Gasteiger partial charge in [-0.2, -0.15) is 0 Å². The summed E-state index contributed by atoms with van der Waals surface area (Å²) in [4.78, 5) is 0. The number of unbranched alkanes of at least 4 members (excludes halogenated alkanes) is 12. The van der Waals surface area contributed by atoms with Gasteiger partial charge in [0, 0.05) is 12.8 Å². The molecule has 3 heteroatoms. The van der Waals surface area contributed by atoms with E-state index >= 15 is 0 Å². The van der Waals surface area contributed by atoms with Gasteiger partial charge in [0.15, 0.2) is 6.04 Å². The second kappa shape index (κ2) is 17.4. The largest absolute Gasteiger partial charge is 0.337 e. The van der Waals surface area contributed by atoms with Gasteiger partial charge < -0.3 is 10.8 Å². The summed E-state index contributed by atoms with van der Waals surface area (Å²) in [5, 5.41) is 10.4. The normalized spacial score (nSPS) is 16.2. The molecule has 0 spiro atoms. The first kappa shape index (κ1) is 25.6. The van der Waals surface area contributed by atoms with Gasteiger partial charge in [0.05, 0.1) is 6.54 Å². The minimum atomic E-state index is -0.429. The molecule has 0 saturated heterocycles. The molecule has 0 aromatic carbocycles. The molecule has 0 radical (unpaired) electrons. The first-order valence-electron chi connectivity index (χ1n) is 12.7. The molecule has 3 nitrogen and oxygen atoms in total. The van der Waals surface area contributed by atoms with Crippen LogP contribution < -0.4 is 5.73 Å². The lowest BCUT2D eigenvalue weighted by Gasteiger charge is -2.17. The van der Waals surface area contributed by atoms with E-state index in [0.717, 1.165) is 25.2 Å². The lowest BCUT2D eigenvalue weighted by atomic mass is 10.0. The van der Waals surface area contributed by atoms with E-state index in [1.165, 1.54) is 103 Å². The lowest BCUT2D eigenvalue weighted by Crippen LogP contribution is -2.39. The Morgan fingerprint density at radius 1 is 0.821 bits per heavy atom. The quantitative estimate of drug-likeness (QED) is 0.102. The number of nitrogens with two attached hydrogens (primary N) is 1. The maximum Gasteiger partial charge on any atom is 0.254 e. The van der Waals surface area contributed by atoms with Crippen LogP contribution in [0.15, 0.2) is 0 Å². The van der Waals surface area contributed by atoms with Crippen molar-refractivity contribution in [3.05, 3.63) is 0 Å². The molecule has 1 fully saturated rings. The predicted molar refractivity (Wildman–Crippen MR) is 123 cm³/mol. The van der Waals surface area contributed by atoms with E-state index in [0.29, 0.717) is 6.54 Å². The third-order valence-corrected chi connectivity index (χ3v) is 6.54. The van der Waals surface area contributed by atoms with Crippen LogP contribution >= 0.6 is 0 Å². The van der Waals surface area contributed by atoms with Gasteiger partial charge in [-0.15, -0.1) is 0 Å². The summed E-state index contributed by atoms with van der Waals surface area (Å²) in [5.41, 5.74) is 5.93.